The van der Waals surface area contributed by atoms with Crippen molar-refractivity contribution in [2.75, 3.05) is 11.9 Å². The molecular weight excluding hydrogens is 192 g/mol. The lowest BCUT2D eigenvalue weighted by Gasteiger charge is -2.25. The van der Waals surface area contributed by atoms with Crippen LogP contribution in [0.5, 0.6) is 0 Å². The molecule has 80 valence electrons. The molecule has 1 aliphatic carbocycles. The van der Waals surface area contributed by atoms with Gasteiger partial charge in [-0.15, -0.1) is 0 Å². The van der Waals surface area contributed by atoms with Crippen LogP contribution in [0.3, 0.4) is 0 Å². The molecule has 1 aromatic heterocycles. The van der Waals surface area contributed by atoms with Crippen molar-refractivity contribution in [1.29, 1.82) is 0 Å². The van der Waals surface area contributed by atoms with E-state index in [-0.39, 0.29) is 5.56 Å². The van der Waals surface area contributed by atoms with Crippen LogP contribution in [0.15, 0.2) is 18.3 Å². The first-order valence-corrected chi connectivity index (χ1v) is 5.19. The van der Waals surface area contributed by atoms with Gasteiger partial charge in [-0.1, -0.05) is 6.42 Å². The Bertz CT molecular complexity index is 361. The standard InChI is InChI=1S/C11H14N2O2/c14-11(15)9-5-2-6-12-10(9)13-7-8-3-1-4-8/h2,5-6,8H,1,3-4,7H2,(H,12,13)(H,14,15). The van der Waals surface area contributed by atoms with Crippen LogP contribution in [0.25, 0.3) is 0 Å². The number of pyridine rings is 1. The summed E-state index contributed by atoms with van der Waals surface area (Å²) in [5.74, 6) is 0.241. The van der Waals surface area contributed by atoms with E-state index < -0.39 is 5.97 Å². The SMILES string of the molecule is O=C(O)c1cccnc1NCC1CCC1. The van der Waals surface area contributed by atoms with Crippen molar-refractivity contribution < 1.29 is 9.90 Å². The van der Waals surface area contributed by atoms with Gasteiger partial charge in [-0.05, 0) is 30.9 Å². The molecule has 0 amide bonds. The van der Waals surface area contributed by atoms with E-state index in [1.54, 1.807) is 18.3 Å². The Labute approximate surface area is 88.3 Å². The van der Waals surface area contributed by atoms with E-state index in [0.717, 1.165) is 6.54 Å². The summed E-state index contributed by atoms with van der Waals surface area (Å²) in [6.07, 6.45) is 5.38. The van der Waals surface area contributed by atoms with Crippen molar-refractivity contribution >= 4 is 11.8 Å². The third kappa shape index (κ3) is 2.26. The molecule has 4 heteroatoms. The molecular formula is C11H14N2O2. The lowest BCUT2D eigenvalue weighted by atomic mass is 9.85. The Balaban J connectivity index is 2.02. The van der Waals surface area contributed by atoms with Gasteiger partial charge in [0.15, 0.2) is 0 Å². The summed E-state index contributed by atoms with van der Waals surface area (Å²) in [6.45, 7) is 0.831. The molecule has 2 N–H and O–H groups in total. The van der Waals surface area contributed by atoms with Crippen LogP contribution in [0.1, 0.15) is 29.6 Å². The maximum absolute atomic E-state index is 10.9. The average molecular weight is 206 g/mol. The van der Waals surface area contributed by atoms with E-state index in [2.05, 4.69) is 10.3 Å². The van der Waals surface area contributed by atoms with Gasteiger partial charge >= 0.3 is 5.97 Å². The van der Waals surface area contributed by atoms with Gasteiger partial charge in [0.05, 0.1) is 0 Å². The first-order valence-electron chi connectivity index (χ1n) is 5.19. The van der Waals surface area contributed by atoms with Crippen LogP contribution in [-0.2, 0) is 0 Å². The van der Waals surface area contributed by atoms with Crippen LogP contribution in [0.4, 0.5) is 5.82 Å². The van der Waals surface area contributed by atoms with Gasteiger partial charge in [-0.3, -0.25) is 0 Å². The van der Waals surface area contributed by atoms with Gasteiger partial charge < -0.3 is 10.4 Å². The maximum atomic E-state index is 10.9. The topological polar surface area (TPSA) is 62.2 Å². The van der Waals surface area contributed by atoms with Crippen LogP contribution >= 0.6 is 0 Å². The molecule has 1 aromatic rings. The molecule has 0 bridgehead atoms. The van der Waals surface area contributed by atoms with Gasteiger partial charge in [0.1, 0.15) is 11.4 Å². The summed E-state index contributed by atoms with van der Waals surface area (Å²) >= 11 is 0. The second kappa shape index (κ2) is 4.29. The number of carbonyl (C=O) groups is 1. The molecule has 2 rings (SSSR count). The first-order chi connectivity index (χ1) is 7.27. The summed E-state index contributed by atoms with van der Waals surface area (Å²) in [4.78, 5) is 14.9. The number of hydrogen-bond acceptors (Lipinski definition) is 3. The molecule has 0 aromatic carbocycles. The minimum atomic E-state index is -0.931. The summed E-state index contributed by atoms with van der Waals surface area (Å²) < 4.78 is 0. The summed E-state index contributed by atoms with van der Waals surface area (Å²) in [5.41, 5.74) is 0.247. The van der Waals surface area contributed by atoms with Crippen LogP contribution in [-0.4, -0.2) is 22.6 Å². The Kier molecular flexibility index (Phi) is 2.85. The van der Waals surface area contributed by atoms with Crippen LogP contribution in [0, 0.1) is 5.92 Å². The highest BCUT2D eigenvalue weighted by atomic mass is 16.4. The molecule has 15 heavy (non-hydrogen) atoms. The highest BCUT2D eigenvalue weighted by Crippen LogP contribution is 2.26. The predicted molar refractivity (Wildman–Crippen MR) is 57.0 cm³/mol. The predicted octanol–water partition coefficient (Wildman–Crippen LogP) is 1.99. The van der Waals surface area contributed by atoms with Gasteiger partial charge in [0, 0.05) is 12.7 Å². The van der Waals surface area contributed by atoms with E-state index >= 15 is 0 Å². The fourth-order valence-electron chi connectivity index (χ4n) is 1.66. The zero-order valence-corrected chi connectivity index (χ0v) is 8.44. The van der Waals surface area contributed by atoms with Crippen molar-refractivity contribution in [2.45, 2.75) is 19.3 Å². The van der Waals surface area contributed by atoms with Gasteiger partial charge in [-0.2, -0.15) is 0 Å². The smallest absolute Gasteiger partial charge is 0.339 e. The van der Waals surface area contributed by atoms with E-state index in [4.69, 9.17) is 5.11 Å². The van der Waals surface area contributed by atoms with E-state index in [9.17, 15) is 4.79 Å². The fraction of sp³-hybridized carbons (Fsp3) is 0.455. The number of nitrogens with one attached hydrogen (secondary N) is 1. The van der Waals surface area contributed by atoms with Crippen LogP contribution < -0.4 is 5.32 Å². The highest BCUT2D eigenvalue weighted by molar-refractivity contribution is 5.92. The van der Waals surface area contributed by atoms with Crippen molar-refractivity contribution in [3.63, 3.8) is 0 Å². The summed E-state index contributed by atoms with van der Waals surface area (Å²) in [5, 5.41) is 12.0. The van der Waals surface area contributed by atoms with Crippen molar-refractivity contribution in [3.05, 3.63) is 23.9 Å². The zero-order valence-electron chi connectivity index (χ0n) is 8.44. The minimum Gasteiger partial charge on any atom is -0.478 e. The van der Waals surface area contributed by atoms with Crippen molar-refractivity contribution in [3.8, 4) is 0 Å². The van der Waals surface area contributed by atoms with Gasteiger partial charge in [0.2, 0.25) is 0 Å². The molecule has 0 atom stereocenters. The first kappa shape index (κ1) is 9.96. The van der Waals surface area contributed by atoms with Crippen LogP contribution in [0.2, 0.25) is 0 Å². The number of rotatable bonds is 4. The maximum Gasteiger partial charge on any atom is 0.339 e. The third-order valence-corrected chi connectivity index (χ3v) is 2.82. The molecule has 1 aliphatic rings. The Hall–Kier alpha value is -1.58. The fourth-order valence-corrected chi connectivity index (χ4v) is 1.66. The number of aromatic carboxylic acids is 1. The lowest BCUT2D eigenvalue weighted by molar-refractivity contribution is 0.0697. The number of aromatic nitrogens is 1. The average Bonchev–Trinajstić information content (AvgIpc) is 2.16. The largest absolute Gasteiger partial charge is 0.478 e. The number of nitrogens with zero attached hydrogens (tertiary/aromatic N) is 1. The second-order valence-electron chi connectivity index (χ2n) is 3.88. The minimum absolute atomic E-state index is 0.247. The van der Waals surface area contributed by atoms with Crippen molar-refractivity contribution in [1.82, 2.24) is 4.98 Å². The monoisotopic (exact) mass is 206 g/mol. The number of carboxylic acids is 1. The molecule has 0 aliphatic heterocycles. The molecule has 0 unspecified atom stereocenters. The number of hydrogen-bond donors (Lipinski definition) is 2. The second-order valence-corrected chi connectivity index (χ2v) is 3.88. The number of anilines is 1. The quantitative estimate of drug-likeness (QED) is 0.790. The van der Waals surface area contributed by atoms with Gasteiger partial charge in [0.25, 0.3) is 0 Å². The molecule has 0 radical (unpaired) electrons. The molecule has 4 nitrogen and oxygen atoms in total. The summed E-state index contributed by atoms with van der Waals surface area (Å²) in [6, 6.07) is 3.20. The molecule has 0 saturated heterocycles. The van der Waals surface area contributed by atoms with E-state index in [1.165, 1.54) is 19.3 Å². The summed E-state index contributed by atoms with van der Waals surface area (Å²) in [7, 11) is 0. The Morgan fingerprint density at radius 3 is 3.00 bits per heavy atom. The Morgan fingerprint density at radius 2 is 2.40 bits per heavy atom. The third-order valence-electron chi connectivity index (χ3n) is 2.82. The normalized spacial score (nSPS) is 15.7. The molecule has 0 spiro atoms. The molecule has 1 fully saturated rings. The van der Waals surface area contributed by atoms with E-state index in [0.29, 0.717) is 11.7 Å². The van der Waals surface area contributed by atoms with Gasteiger partial charge in [-0.25, -0.2) is 9.78 Å². The Morgan fingerprint density at radius 1 is 1.60 bits per heavy atom. The molecule has 1 saturated carbocycles. The number of carboxylic acid groups (broad SMARTS) is 1. The zero-order chi connectivity index (χ0) is 10.7. The van der Waals surface area contributed by atoms with E-state index in [1.807, 2.05) is 0 Å². The van der Waals surface area contributed by atoms with Crippen molar-refractivity contribution in [2.24, 2.45) is 5.92 Å². The lowest BCUT2D eigenvalue weighted by Crippen LogP contribution is -2.22. The molecule has 1 heterocycles. The highest BCUT2D eigenvalue weighted by Gasteiger charge is 2.18.